The lowest BCUT2D eigenvalue weighted by molar-refractivity contribution is 0.179. The molecule has 0 atom stereocenters. The Bertz CT molecular complexity index is 146. The van der Waals surface area contributed by atoms with Gasteiger partial charge in [-0.25, -0.2) is 4.39 Å². The van der Waals surface area contributed by atoms with Crippen molar-refractivity contribution < 1.29 is 4.39 Å². The van der Waals surface area contributed by atoms with Gasteiger partial charge in [-0.05, 0) is 26.7 Å². The summed E-state index contributed by atoms with van der Waals surface area (Å²) < 4.78 is 12.7. The molecule has 1 fully saturated rings. The second-order valence-electron chi connectivity index (χ2n) is 3.09. The van der Waals surface area contributed by atoms with Gasteiger partial charge in [-0.2, -0.15) is 0 Å². The van der Waals surface area contributed by atoms with E-state index in [-0.39, 0.29) is 0 Å². The van der Waals surface area contributed by atoms with Gasteiger partial charge in [0.05, 0.1) is 0 Å². The van der Waals surface area contributed by atoms with Crippen molar-refractivity contribution in [2.75, 3.05) is 13.1 Å². The molecule has 1 aliphatic rings. The van der Waals surface area contributed by atoms with Crippen LogP contribution >= 0.6 is 0 Å². The number of likely N-dealkylation sites (tertiary alicyclic amines) is 1. The van der Waals surface area contributed by atoms with Crippen LogP contribution in [-0.4, -0.2) is 24.2 Å². The Morgan fingerprint density at radius 3 is 2.45 bits per heavy atom. The minimum atomic E-state index is -0.559. The van der Waals surface area contributed by atoms with E-state index in [0.717, 1.165) is 13.1 Å². The molecule has 0 unspecified atom stereocenters. The summed E-state index contributed by atoms with van der Waals surface area (Å²) in [7, 11) is 0. The van der Waals surface area contributed by atoms with Crippen LogP contribution in [0, 0.1) is 0 Å². The molecule has 1 heterocycles. The van der Waals surface area contributed by atoms with Gasteiger partial charge in [0, 0.05) is 18.8 Å². The van der Waals surface area contributed by atoms with Crippen LogP contribution in [0.25, 0.3) is 0 Å². The lowest BCUT2D eigenvalue weighted by Crippen LogP contribution is -2.32. The van der Waals surface area contributed by atoms with E-state index in [9.17, 15) is 4.39 Å². The molecule has 0 spiro atoms. The maximum atomic E-state index is 12.7. The van der Waals surface area contributed by atoms with Gasteiger partial charge < -0.3 is 4.90 Å². The van der Waals surface area contributed by atoms with Crippen LogP contribution in [0.3, 0.4) is 0 Å². The van der Waals surface area contributed by atoms with Crippen molar-refractivity contribution in [3.05, 3.63) is 11.8 Å². The Labute approximate surface area is 67.9 Å². The van der Waals surface area contributed by atoms with Crippen LogP contribution < -0.4 is 0 Å². The minimum absolute atomic E-state index is 0.559. The van der Waals surface area contributed by atoms with E-state index >= 15 is 0 Å². The molecule has 64 valence electrons. The van der Waals surface area contributed by atoms with Crippen molar-refractivity contribution in [1.29, 1.82) is 0 Å². The Morgan fingerprint density at radius 1 is 1.45 bits per heavy atom. The first-order valence-electron chi connectivity index (χ1n) is 4.26. The average Bonchev–Trinajstić information content (AvgIpc) is 2.05. The first-order valence-corrected chi connectivity index (χ1v) is 4.26. The summed E-state index contributed by atoms with van der Waals surface area (Å²) in [4.78, 5) is 2.25. The van der Waals surface area contributed by atoms with E-state index in [1.807, 2.05) is 6.92 Å². The van der Waals surface area contributed by atoms with Gasteiger partial charge in [-0.3, -0.25) is 0 Å². The average molecular weight is 157 g/mol. The van der Waals surface area contributed by atoms with Crippen LogP contribution in [0.5, 0.6) is 0 Å². The molecule has 1 saturated heterocycles. The third-order valence-electron chi connectivity index (χ3n) is 2.34. The molecule has 0 saturated carbocycles. The number of allylic oxidation sites excluding steroid dienone is 2. The molecular formula is C9H16FN. The van der Waals surface area contributed by atoms with Gasteiger partial charge in [-0.1, -0.05) is 6.08 Å². The fourth-order valence-corrected chi connectivity index (χ4v) is 1.38. The zero-order valence-corrected chi connectivity index (χ0v) is 7.31. The highest BCUT2D eigenvalue weighted by molar-refractivity contribution is 4.96. The summed E-state index contributed by atoms with van der Waals surface area (Å²) in [6.07, 6.45) is 2.92. The van der Waals surface area contributed by atoms with Crippen molar-refractivity contribution in [3.8, 4) is 0 Å². The summed E-state index contributed by atoms with van der Waals surface area (Å²) in [6, 6.07) is 0. The van der Waals surface area contributed by atoms with Gasteiger partial charge in [-0.15, -0.1) is 0 Å². The highest BCUT2D eigenvalue weighted by Crippen LogP contribution is 2.16. The maximum absolute atomic E-state index is 12.7. The van der Waals surface area contributed by atoms with Gasteiger partial charge in [0.25, 0.3) is 0 Å². The quantitative estimate of drug-likeness (QED) is 0.564. The number of halogens is 1. The number of hydrogen-bond donors (Lipinski definition) is 0. The number of rotatable bonds is 1. The normalized spacial score (nSPS) is 22.5. The summed E-state index contributed by atoms with van der Waals surface area (Å²) in [5.74, 6) is 0. The van der Waals surface area contributed by atoms with Crippen LogP contribution in [0.2, 0.25) is 0 Å². The Hall–Kier alpha value is -0.530. The van der Waals surface area contributed by atoms with Crippen molar-refractivity contribution in [3.63, 3.8) is 0 Å². The Balaban J connectivity index is 2.39. The molecule has 0 bridgehead atoms. The lowest BCUT2D eigenvalue weighted by Gasteiger charge is -2.30. The molecule has 0 aliphatic carbocycles. The van der Waals surface area contributed by atoms with E-state index in [0.29, 0.717) is 12.8 Å². The zero-order valence-electron chi connectivity index (χ0n) is 7.31. The fourth-order valence-electron chi connectivity index (χ4n) is 1.38. The molecule has 0 aromatic rings. The van der Waals surface area contributed by atoms with E-state index in [1.54, 1.807) is 0 Å². The number of alkyl halides is 1. The largest absolute Gasteiger partial charge is 0.375 e. The standard InChI is InChI=1S/C9H16FN/c1-3-8(2)11-6-4-9(10)5-7-11/h3,9H,4-7H2,1-2H3. The second-order valence-corrected chi connectivity index (χ2v) is 3.09. The third-order valence-corrected chi connectivity index (χ3v) is 2.34. The molecule has 0 amide bonds. The molecule has 1 aliphatic heterocycles. The first kappa shape index (κ1) is 8.57. The predicted octanol–water partition coefficient (Wildman–Crippen LogP) is 2.34. The number of piperidine rings is 1. The van der Waals surface area contributed by atoms with Crippen LogP contribution in [0.4, 0.5) is 4.39 Å². The lowest BCUT2D eigenvalue weighted by atomic mass is 10.1. The first-order chi connectivity index (χ1) is 5.24. The molecule has 1 rings (SSSR count). The summed E-state index contributed by atoms with van der Waals surface area (Å²) in [6.45, 7) is 5.88. The minimum Gasteiger partial charge on any atom is -0.375 e. The highest BCUT2D eigenvalue weighted by atomic mass is 19.1. The monoisotopic (exact) mass is 157 g/mol. The summed E-state index contributed by atoms with van der Waals surface area (Å²) in [5.41, 5.74) is 1.27. The zero-order chi connectivity index (χ0) is 8.27. The van der Waals surface area contributed by atoms with Crippen LogP contribution in [-0.2, 0) is 0 Å². The maximum Gasteiger partial charge on any atom is 0.103 e. The molecule has 0 aromatic carbocycles. The molecule has 0 N–H and O–H groups in total. The Kier molecular flexibility index (Phi) is 2.92. The molecule has 1 nitrogen and oxygen atoms in total. The fraction of sp³-hybridized carbons (Fsp3) is 0.778. The Morgan fingerprint density at radius 2 is 2.00 bits per heavy atom. The second kappa shape index (κ2) is 3.74. The third kappa shape index (κ3) is 2.21. The highest BCUT2D eigenvalue weighted by Gasteiger charge is 2.17. The van der Waals surface area contributed by atoms with Crippen LogP contribution in [0.1, 0.15) is 26.7 Å². The molecule has 2 heteroatoms. The molecule has 0 aromatic heterocycles. The van der Waals surface area contributed by atoms with E-state index in [4.69, 9.17) is 0 Å². The van der Waals surface area contributed by atoms with E-state index in [2.05, 4.69) is 17.9 Å². The van der Waals surface area contributed by atoms with Crippen molar-refractivity contribution in [1.82, 2.24) is 4.90 Å². The van der Waals surface area contributed by atoms with E-state index in [1.165, 1.54) is 5.70 Å². The van der Waals surface area contributed by atoms with Crippen molar-refractivity contribution in [2.24, 2.45) is 0 Å². The van der Waals surface area contributed by atoms with Crippen molar-refractivity contribution in [2.45, 2.75) is 32.9 Å². The van der Waals surface area contributed by atoms with Gasteiger partial charge in [0.1, 0.15) is 6.17 Å². The smallest absolute Gasteiger partial charge is 0.103 e. The number of nitrogens with zero attached hydrogens (tertiary/aromatic N) is 1. The predicted molar refractivity (Wildman–Crippen MR) is 45.1 cm³/mol. The molecule has 11 heavy (non-hydrogen) atoms. The van der Waals surface area contributed by atoms with Gasteiger partial charge in [0.2, 0.25) is 0 Å². The molecule has 0 radical (unpaired) electrons. The van der Waals surface area contributed by atoms with Gasteiger partial charge in [0.15, 0.2) is 0 Å². The number of hydrogen-bond acceptors (Lipinski definition) is 1. The topological polar surface area (TPSA) is 3.24 Å². The SMILES string of the molecule is CC=C(C)N1CCC(F)CC1. The van der Waals surface area contributed by atoms with Crippen molar-refractivity contribution >= 4 is 0 Å². The molecular weight excluding hydrogens is 141 g/mol. The van der Waals surface area contributed by atoms with Gasteiger partial charge >= 0.3 is 0 Å². The van der Waals surface area contributed by atoms with Crippen LogP contribution in [0.15, 0.2) is 11.8 Å². The van der Waals surface area contributed by atoms with E-state index < -0.39 is 6.17 Å². The summed E-state index contributed by atoms with van der Waals surface area (Å²) >= 11 is 0. The summed E-state index contributed by atoms with van der Waals surface area (Å²) in [5, 5.41) is 0.